The summed E-state index contributed by atoms with van der Waals surface area (Å²) in [7, 11) is 0. The first-order valence-electron chi connectivity index (χ1n) is 9.23. The van der Waals surface area contributed by atoms with Crippen LogP contribution in [0.1, 0.15) is 28.8 Å². The van der Waals surface area contributed by atoms with Crippen molar-refractivity contribution in [2.24, 2.45) is 0 Å². The van der Waals surface area contributed by atoms with E-state index >= 15 is 0 Å². The van der Waals surface area contributed by atoms with Gasteiger partial charge in [-0.3, -0.25) is 9.78 Å². The molecule has 0 spiro atoms. The van der Waals surface area contributed by atoms with Crippen LogP contribution in [0.4, 0.5) is 8.78 Å². The average molecular weight is 462 g/mol. The Morgan fingerprint density at radius 1 is 1.03 bits per heavy atom. The van der Waals surface area contributed by atoms with Crippen molar-refractivity contribution in [2.75, 3.05) is 26.4 Å². The number of nitrogens with zero attached hydrogens (tertiary/aromatic N) is 1. The maximum absolute atomic E-state index is 13.1. The second-order valence-electron chi connectivity index (χ2n) is 6.35. The highest BCUT2D eigenvalue weighted by atomic mass is 35.5. The monoisotopic (exact) mass is 461 g/mol. The number of alkyl halides is 2. The van der Waals surface area contributed by atoms with Crippen LogP contribution < -0.4 is 14.2 Å². The lowest BCUT2D eigenvalue weighted by molar-refractivity contribution is -0.0517. The van der Waals surface area contributed by atoms with E-state index in [1.165, 1.54) is 24.5 Å². The predicted octanol–water partition coefficient (Wildman–Crippen LogP) is 4.98. The van der Waals surface area contributed by atoms with Crippen LogP contribution in [-0.2, 0) is 11.2 Å². The van der Waals surface area contributed by atoms with Crippen molar-refractivity contribution < 1.29 is 32.5 Å². The number of rotatable bonds is 5. The Labute approximate surface area is 182 Å². The van der Waals surface area contributed by atoms with Crippen molar-refractivity contribution in [3.8, 4) is 17.2 Å². The smallest absolute Gasteiger partial charge is 0.387 e. The lowest BCUT2D eigenvalue weighted by Gasteiger charge is -2.19. The number of halogens is 4. The summed E-state index contributed by atoms with van der Waals surface area (Å²) < 4.78 is 47.2. The van der Waals surface area contributed by atoms with Gasteiger partial charge in [0.25, 0.3) is 0 Å². The van der Waals surface area contributed by atoms with Gasteiger partial charge >= 0.3 is 6.61 Å². The van der Waals surface area contributed by atoms with Gasteiger partial charge in [-0.2, -0.15) is 8.78 Å². The number of carbonyl (C=O) groups is 1. The van der Waals surface area contributed by atoms with Crippen LogP contribution in [0.25, 0.3) is 0 Å². The molecular formula is C20H19Cl2F2NO5. The lowest BCUT2D eigenvalue weighted by Crippen LogP contribution is -2.12. The van der Waals surface area contributed by atoms with Gasteiger partial charge in [0.2, 0.25) is 5.75 Å². The third-order valence-corrected chi connectivity index (χ3v) is 4.89. The Bertz CT molecular complexity index is 877. The number of carbonyl (C=O) groups excluding carboxylic acids is 1. The Morgan fingerprint density at radius 2 is 1.67 bits per heavy atom. The molecule has 0 amide bonds. The molecule has 0 aliphatic carbocycles. The zero-order valence-electron chi connectivity index (χ0n) is 15.8. The molecule has 1 aliphatic rings. The SMILES string of the molecule is O=C(Cc1c(Cl)cncc1Cl)c1ccc(OC(F)F)c2c1OCCCOCCCO2. The molecule has 2 aromatic rings. The van der Waals surface area contributed by atoms with E-state index in [9.17, 15) is 13.6 Å². The van der Waals surface area contributed by atoms with Gasteiger partial charge in [-0.1, -0.05) is 23.2 Å². The summed E-state index contributed by atoms with van der Waals surface area (Å²) in [6, 6.07) is 2.62. The summed E-state index contributed by atoms with van der Waals surface area (Å²) in [4.78, 5) is 16.9. The van der Waals surface area contributed by atoms with E-state index in [0.29, 0.717) is 31.6 Å². The number of fused-ring (bicyclic) bond motifs is 1. The molecule has 0 N–H and O–H groups in total. The molecule has 6 nitrogen and oxygen atoms in total. The quantitative estimate of drug-likeness (QED) is 0.584. The number of ether oxygens (including phenoxy) is 4. The fraction of sp³-hybridized carbons (Fsp3) is 0.400. The maximum Gasteiger partial charge on any atom is 0.387 e. The van der Waals surface area contributed by atoms with Crippen molar-refractivity contribution in [3.63, 3.8) is 0 Å². The van der Waals surface area contributed by atoms with Crippen LogP contribution in [0.2, 0.25) is 10.0 Å². The Balaban J connectivity index is 1.99. The molecule has 1 aromatic heterocycles. The zero-order valence-corrected chi connectivity index (χ0v) is 17.3. The maximum atomic E-state index is 13.1. The predicted molar refractivity (Wildman–Crippen MR) is 106 cm³/mol. The first kappa shape index (κ1) is 22.5. The minimum atomic E-state index is -3.06. The van der Waals surface area contributed by atoms with Gasteiger partial charge in [-0.05, 0) is 12.1 Å². The van der Waals surface area contributed by atoms with Gasteiger partial charge in [0.1, 0.15) is 0 Å². The Morgan fingerprint density at radius 3 is 2.30 bits per heavy atom. The van der Waals surface area contributed by atoms with Crippen LogP contribution in [0.15, 0.2) is 24.5 Å². The Kier molecular flexibility index (Phi) is 8.07. The second kappa shape index (κ2) is 10.7. The molecule has 3 rings (SSSR count). The van der Waals surface area contributed by atoms with E-state index in [2.05, 4.69) is 9.72 Å². The normalized spacial score (nSPS) is 14.8. The largest absolute Gasteiger partial charge is 0.489 e. The van der Waals surface area contributed by atoms with Crippen molar-refractivity contribution in [1.29, 1.82) is 0 Å². The minimum Gasteiger partial charge on any atom is -0.489 e. The molecule has 30 heavy (non-hydrogen) atoms. The molecule has 1 aliphatic heterocycles. The topological polar surface area (TPSA) is 66.9 Å². The van der Waals surface area contributed by atoms with Crippen LogP contribution in [-0.4, -0.2) is 43.8 Å². The summed E-state index contributed by atoms with van der Waals surface area (Å²) in [5.41, 5.74) is 0.557. The number of ketones is 1. The number of Topliss-reactive ketones (excluding diaryl/α,β-unsaturated/α-hetero) is 1. The Hall–Kier alpha value is -2.16. The second-order valence-corrected chi connectivity index (χ2v) is 7.16. The summed E-state index contributed by atoms with van der Waals surface area (Å²) in [5, 5.41) is 0.492. The first-order valence-corrected chi connectivity index (χ1v) is 9.99. The fourth-order valence-electron chi connectivity index (χ4n) is 2.87. The average Bonchev–Trinajstić information content (AvgIpc) is 2.75. The molecule has 0 radical (unpaired) electrons. The van der Waals surface area contributed by atoms with Gasteiger partial charge in [0.15, 0.2) is 17.3 Å². The van der Waals surface area contributed by atoms with Gasteiger partial charge in [0, 0.05) is 50.4 Å². The fourth-order valence-corrected chi connectivity index (χ4v) is 3.37. The summed E-state index contributed by atoms with van der Waals surface area (Å²) >= 11 is 12.2. The molecule has 10 heteroatoms. The van der Waals surface area contributed by atoms with Crippen molar-refractivity contribution >= 4 is 29.0 Å². The number of pyridine rings is 1. The number of benzene rings is 1. The highest BCUT2D eigenvalue weighted by Crippen LogP contribution is 2.42. The number of hydrogen-bond donors (Lipinski definition) is 0. The van der Waals surface area contributed by atoms with E-state index in [-0.39, 0.29) is 58.3 Å². The molecule has 0 saturated carbocycles. The van der Waals surface area contributed by atoms with Crippen LogP contribution in [0.3, 0.4) is 0 Å². The lowest BCUT2D eigenvalue weighted by atomic mass is 10.0. The van der Waals surface area contributed by atoms with E-state index in [4.69, 9.17) is 37.4 Å². The zero-order chi connectivity index (χ0) is 21.5. The molecule has 2 heterocycles. The van der Waals surface area contributed by atoms with Crippen molar-refractivity contribution in [3.05, 3.63) is 45.7 Å². The molecule has 162 valence electrons. The van der Waals surface area contributed by atoms with Crippen molar-refractivity contribution in [2.45, 2.75) is 25.9 Å². The summed E-state index contributed by atoms with van der Waals surface area (Å²) in [6.45, 7) is -1.76. The summed E-state index contributed by atoms with van der Waals surface area (Å²) in [5.74, 6) is -0.590. The van der Waals surface area contributed by atoms with Crippen molar-refractivity contribution in [1.82, 2.24) is 4.98 Å². The standard InChI is InChI=1S/C20H19Cl2F2NO5/c21-14-10-25-11-15(22)13(14)9-16(26)12-3-4-17(30-20(23)24)19-18(12)28-7-1-5-27-6-2-8-29-19/h3-4,10-11,20H,1-2,5-9H2. The molecule has 0 atom stereocenters. The van der Waals surface area contributed by atoms with E-state index in [1.807, 2.05) is 0 Å². The molecule has 0 saturated heterocycles. The summed E-state index contributed by atoms with van der Waals surface area (Å²) in [6.07, 6.45) is 3.73. The minimum absolute atomic E-state index is 0.0429. The van der Waals surface area contributed by atoms with E-state index in [0.717, 1.165) is 0 Å². The third kappa shape index (κ3) is 5.71. The number of hydrogen-bond acceptors (Lipinski definition) is 6. The molecular weight excluding hydrogens is 443 g/mol. The van der Waals surface area contributed by atoms with Crippen LogP contribution >= 0.6 is 23.2 Å². The molecule has 0 bridgehead atoms. The number of aromatic nitrogens is 1. The van der Waals surface area contributed by atoms with Gasteiger partial charge in [-0.15, -0.1) is 0 Å². The van der Waals surface area contributed by atoms with Gasteiger partial charge in [0.05, 0.1) is 28.8 Å². The van der Waals surface area contributed by atoms with Crippen LogP contribution in [0.5, 0.6) is 17.2 Å². The molecule has 0 unspecified atom stereocenters. The molecule has 0 fully saturated rings. The van der Waals surface area contributed by atoms with Crippen LogP contribution in [0, 0.1) is 0 Å². The highest BCUT2D eigenvalue weighted by Gasteiger charge is 2.25. The van der Waals surface area contributed by atoms with E-state index in [1.54, 1.807) is 0 Å². The van der Waals surface area contributed by atoms with E-state index < -0.39 is 6.61 Å². The molecule has 1 aromatic carbocycles. The van der Waals surface area contributed by atoms with Gasteiger partial charge in [-0.25, -0.2) is 0 Å². The third-order valence-electron chi connectivity index (χ3n) is 4.24. The van der Waals surface area contributed by atoms with Gasteiger partial charge < -0.3 is 18.9 Å². The highest BCUT2D eigenvalue weighted by molar-refractivity contribution is 6.36. The first-order chi connectivity index (χ1) is 14.5.